The molecule has 0 aliphatic rings. The van der Waals surface area contributed by atoms with Gasteiger partial charge in [-0.1, -0.05) is 18.5 Å². The Hall–Kier alpha value is -1.27. The van der Waals surface area contributed by atoms with Crippen LogP contribution in [0.15, 0.2) is 17.0 Å². The van der Waals surface area contributed by atoms with Crippen molar-refractivity contribution in [3.63, 3.8) is 0 Å². The summed E-state index contributed by atoms with van der Waals surface area (Å²) in [6.07, 6.45) is 0. The number of sulfone groups is 1. The van der Waals surface area contributed by atoms with Crippen molar-refractivity contribution in [3.05, 3.63) is 22.7 Å². The minimum absolute atomic E-state index is 0.0369. The molecule has 0 aliphatic heterocycles. The van der Waals surface area contributed by atoms with Crippen LogP contribution in [-0.2, 0) is 14.6 Å². The van der Waals surface area contributed by atoms with Gasteiger partial charge in [0, 0.05) is 0 Å². The highest BCUT2D eigenvalue weighted by molar-refractivity contribution is 7.91. The zero-order valence-electron chi connectivity index (χ0n) is 10.2. The van der Waals surface area contributed by atoms with Crippen molar-refractivity contribution in [2.24, 2.45) is 0 Å². The van der Waals surface area contributed by atoms with Crippen molar-refractivity contribution in [2.75, 3.05) is 20.0 Å². The molecule has 1 rings (SSSR count). The molecule has 1 aromatic rings. The Morgan fingerprint density at radius 1 is 1.33 bits per heavy atom. The Balaban J connectivity index is 3.53. The summed E-state index contributed by atoms with van der Waals surface area (Å²) in [6.45, 7) is 1.51. The molecule has 0 fully saturated rings. The zero-order valence-corrected chi connectivity index (χ0v) is 11.8. The summed E-state index contributed by atoms with van der Waals surface area (Å²) in [5, 5.41) is -0.0705. The first-order chi connectivity index (χ1) is 8.38. The van der Waals surface area contributed by atoms with Crippen LogP contribution in [0.3, 0.4) is 0 Å². The molecule has 18 heavy (non-hydrogen) atoms. The lowest BCUT2D eigenvalue weighted by Crippen LogP contribution is -2.09. The molecule has 0 bridgehead atoms. The van der Waals surface area contributed by atoms with Gasteiger partial charge in [0.2, 0.25) is 0 Å². The van der Waals surface area contributed by atoms with Gasteiger partial charge in [0.05, 0.1) is 30.6 Å². The van der Waals surface area contributed by atoms with E-state index in [1.54, 1.807) is 0 Å². The number of hydrogen-bond donors (Lipinski definition) is 0. The summed E-state index contributed by atoms with van der Waals surface area (Å²) in [4.78, 5) is 11.4. The molecular weight excluding hydrogens is 280 g/mol. The van der Waals surface area contributed by atoms with Gasteiger partial charge in [-0.15, -0.1) is 0 Å². The molecule has 0 atom stereocenters. The Labute approximate surface area is 111 Å². The highest BCUT2D eigenvalue weighted by atomic mass is 35.5. The molecule has 7 heteroatoms. The van der Waals surface area contributed by atoms with Crippen molar-refractivity contribution in [3.8, 4) is 5.75 Å². The number of rotatable bonds is 4. The van der Waals surface area contributed by atoms with Gasteiger partial charge in [0.25, 0.3) is 0 Å². The van der Waals surface area contributed by atoms with Crippen LogP contribution in [0.1, 0.15) is 17.3 Å². The van der Waals surface area contributed by atoms with Crippen molar-refractivity contribution in [2.45, 2.75) is 11.8 Å². The minimum atomic E-state index is -3.47. The number of benzene rings is 1. The fraction of sp³-hybridized carbons (Fsp3) is 0.364. The van der Waals surface area contributed by atoms with Crippen LogP contribution < -0.4 is 4.74 Å². The summed E-state index contributed by atoms with van der Waals surface area (Å²) >= 11 is 5.96. The lowest BCUT2D eigenvalue weighted by atomic mass is 10.2. The number of ether oxygens (including phenoxy) is 2. The maximum atomic E-state index is 11.8. The summed E-state index contributed by atoms with van der Waals surface area (Å²) in [5.41, 5.74) is 0.0612. The monoisotopic (exact) mass is 292 g/mol. The number of carbonyl (C=O) groups is 1. The third-order valence-corrected chi connectivity index (χ3v) is 4.51. The van der Waals surface area contributed by atoms with Crippen molar-refractivity contribution in [1.82, 2.24) is 0 Å². The largest absolute Gasteiger partial charge is 0.494 e. The summed E-state index contributed by atoms with van der Waals surface area (Å²) in [6, 6.07) is 2.59. The van der Waals surface area contributed by atoms with E-state index in [4.69, 9.17) is 16.3 Å². The van der Waals surface area contributed by atoms with E-state index in [-0.39, 0.29) is 27.0 Å². The molecule has 0 aromatic heterocycles. The molecule has 0 amide bonds. The van der Waals surface area contributed by atoms with E-state index >= 15 is 0 Å². The smallest absolute Gasteiger partial charge is 0.339 e. The maximum Gasteiger partial charge on any atom is 0.339 e. The first kappa shape index (κ1) is 14.8. The lowest BCUT2D eigenvalue weighted by Gasteiger charge is -2.12. The van der Waals surface area contributed by atoms with E-state index in [2.05, 4.69) is 4.74 Å². The second-order valence-electron chi connectivity index (χ2n) is 3.35. The Kier molecular flexibility index (Phi) is 4.59. The topological polar surface area (TPSA) is 69.7 Å². The Morgan fingerprint density at radius 2 is 1.94 bits per heavy atom. The average molecular weight is 293 g/mol. The molecule has 0 radical (unpaired) electrons. The number of methoxy groups -OCH3 is 2. The fourth-order valence-corrected chi connectivity index (χ4v) is 2.83. The standard InChI is InChI=1S/C11H13ClO5S/c1-4-18(14,15)8-6-5-7(11(13)17-3)9(12)10(8)16-2/h5-6H,4H2,1-3H3. The Morgan fingerprint density at radius 3 is 2.39 bits per heavy atom. The molecule has 1 aromatic carbocycles. The molecule has 0 aliphatic carbocycles. The van der Waals surface area contributed by atoms with Crippen molar-refractivity contribution in [1.29, 1.82) is 0 Å². The molecule has 0 saturated carbocycles. The number of halogens is 1. The minimum Gasteiger partial charge on any atom is -0.494 e. The van der Waals surface area contributed by atoms with E-state index in [0.29, 0.717) is 0 Å². The molecule has 0 heterocycles. The molecule has 100 valence electrons. The fourth-order valence-electron chi connectivity index (χ4n) is 1.40. The number of hydrogen-bond acceptors (Lipinski definition) is 5. The summed E-state index contributed by atoms with van der Waals surface area (Å²) < 4.78 is 33.2. The highest BCUT2D eigenvalue weighted by Crippen LogP contribution is 2.35. The molecule has 0 saturated heterocycles. The van der Waals surface area contributed by atoms with Gasteiger partial charge < -0.3 is 9.47 Å². The quantitative estimate of drug-likeness (QED) is 0.793. The van der Waals surface area contributed by atoms with Crippen LogP contribution in [0.4, 0.5) is 0 Å². The number of esters is 1. The van der Waals surface area contributed by atoms with E-state index in [0.717, 1.165) is 0 Å². The van der Waals surface area contributed by atoms with Crippen LogP contribution in [-0.4, -0.2) is 34.4 Å². The molecule has 0 unspecified atom stereocenters. The van der Waals surface area contributed by atoms with E-state index in [9.17, 15) is 13.2 Å². The highest BCUT2D eigenvalue weighted by Gasteiger charge is 2.24. The van der Waals surface area contributed by atoms with Gasteiger partial charge in [-0.2, -0.15) is 0 Å². The Bertz CT molecular complexity index is 565. The van der Waals surface area contributed by atoms with E-state index in [1.165, 1.54) is 33.3 Å². The summed E-state index contributed by atoms with van der Waals surface area (Å²) in [5.74, 6) is -0.780. The molecule has 5 nitrogen and oxygen atoms in total. The summed E-state index contributed by atoms with van der Waals surface area (Å²) in [7, 11) is -0.975. The normalized spacial score (nSPS) is 11.1. The van der Waals surface area contributed by atoms with Crippen LogP contribution in [0.25, 0.3) is 0 Å². The molecular formula is C11H13ClO5S. The predicted molar refractivity (Wildman–Crippen MR) is 67.1 cm³/mol. The first-order valence-corrected chi connectivity index (χ1v) is 7.09. The average Bonchev–Trinajstić information content (AvgIpc) is 2.37. The second kappa shape index (κ2) is 5.58. The van der Waals surface area contributed by atoms with Crippen LogP contribution >= 0.6 is 11.6 Å². The van der Waals surface area contributed by atoms with Crippen molar-refractivity contribution >= 4 is 27.4 Å². The lowest BCUT2D eigenvalue weighted by molar-refractivity contribution is 0.0600. The predicted octanol–water partition coefficient (Wildman–Crippen LogP) is 1.93. The van der Waals surface area contributed by atoms with Crippen LogP contribution in [0, 0.1) is 0 Å². The first-order valence-electron chi connectivity index (χ1n) is 5.06. The second-order valence-corrected chi connectivity index (χ2v) is 5.98. The van der Waals surface area contributed by atoms with Crippen LogP contribution in [0.5, 0.6) is 5.75 Å². The van der Waals surface area contributed by atoms with E-state index < -0.39 is 15.8 Å². The van der Waals surface area contributed by atoms with E-state index in [1.807, 2.05) is 0 Å². The van der Waals surface area contributed by atoms with Crippen LogP contribution in [0.2, 0.25) is 5.02 Å². The van der Waals surface area contributed by atoms with Gasteiger partial charge in [-0.25, -0.2) is 13.2 Å². The van der Waals surface area contributed by atoms with Gasteiger partial charge in [0.15, 0.2) is 15.6 Å². The SMILES string of the molecule is CCS(=O)(=O)c1ccc(C(=O)OC)c(Cl)c1OC. The zero-order chi connectivity index (χ0) is 13.9. The van der Waals surface area contributed by atoms with Gasteiger partial charge >= 0.3 is 5.97 Å². The third kappa shape index (κ3) is 2.59. The van der Waals surface area contributed by atoms with Gasteiger partial charge in [0.1, 0.15) is 4.90 Å². The van der Waals surface area contributed by atoms with Gasteiger partial charge in [-0.05, 0) is 12.1 Å². The third-order valence-electron chi connectivity index (χ3n) is 2.39. The molecule has 0 N–H and O–H groups in total. The number of carbonyl (C=O) groups excluding carboxylic acids is 1. The maximum absolute atomic E-state index is 11.8. The molecule has 0 spiro atoms. The van der Waals surface area contributed by atoms with Gasteiger partial charge in [-0.3, -0.25) is 0 Å². The van der Waals surface area contributed by atoms with Crippen molar-refractivity contribution < 1.29 is 22.7 Å².